The fourth-order valence-electron chi connectivity index (χ4n) is 1.19. The third-order valence-corrected chi connectivity index (χ3v) is 2.69. The third kappa shape index (κ3) is 4.33. The van der Waals surface area contributed by atoms with Crippen molar-refractivity contribution in [2.45, 2.75) is 7.43 Å². The zero-order chi connectivity index (χ0) is 11.2. The van der Waals surface area contributed by atoms with Crippen LogP contribution in [0, 0.1) is 0 Å². The molecule has 0 aliphatic carbocycles. The van der Waals surface area contributed by atoms with Crippen LogP contribution in [0.5, 0.6) is 11.5 Å². The van der Waals surface area contributed by atoms with E-state index in [2.05, 4.69) is 0 Å². The molecule has 0 aromatic heterocycles. The minimum atomic E-state index is -2.54. The zero-order valence-electron chi connectivity index (χ0n) is 8.50. The van der Waals surface area contributed by atoms with E-state index in [0.29, 0.717) is 11.5 Å². The summed E-state index contributed by atoms with van der Waals surface area (Å²) in [5.41, 5.74) is 0. The van der Waals surface area contributed by atoms with E-state index in [1.54, 1.807) is 24.3 Å². The summed E-state index contributed by atoms with van der Waals surface area (Å²) in [7, 11) is -2.54. The van der Waals surface area contributed by atoms with Gasteiger partial charge in [-0.1, -0.05) is 43.8 Å². The van der Waals surface area contributed by atoms with Gasteiger partial charge in [-0.05, 0) is 24.3 Å². The largest absolute Gasteiger partial charge is 0.418 e. The lowest BCUT2D eigenvalue weighted by Crippen LogP contribution is -1.87. The van der Waals surface area contributed by atoms with Crippen molar-refractivity contribution in [3.05, 3.63) is 60.7 Å². The van der Waals surface area contributed by atoms with Gasteiger partial charge in [-0.15, -0.1) is 0 Å². The summed E-state index contributed by atoms with van der Waals surface area (Å²) in [5, 5.41) is 0. The molecule has 3 nitrogen and oxygen atoms in total. The van der Waals surface area contributed by atoms with E-state index in [-0.39, 0.29) is 7.43 Å². The number of hydrogen-bond acceptors (Lipinski definition) is 3. The lowest BCUT2D eigenvalue weighted by molar-refractivity contribution is 0.415. The Kier molecular flexibility index (Phi) is 5.31. The summed E-state index contributed by atoms with van der Waals surface area (Å²) in [6.45, 7) is 0. The first kappa shape index (κ1) is 13.3. The van der Waals surface area contributed by atoms with Crippen LogP contribution in [-0.2, 0) is 4.57 Å². The second-order valence-corrected chi connectivity index (χ2v) is 3.99. The Morgan fingerprint density at radius 3 is 1.41 bits per heavy atom. The van der Waals surface area contributed by atoms with Crippen molar-refractivity contribution in [2.75, 3.05) is 0 Å². The Labute approximate surface area is 102 Å². The molecular weight excluding hydrogens is 235 g/mol. The number of hydrogen-bond donors (Lipinski definition) is 0. The highest BCUT2D eigenvalue weighted by atomic mass is 31.1. The first-order chi connectivity index (χ1) is 7.84. The molecule has 0 aliphatic heterocycles. The summed E-state index contributed by atoms with van der Waals surface area (Å²) < 4.78 is 21.8. The van der Waals surface area contributed by atoms with Gasteiger partial charge < -0.3 is 9.05 Å². The van der Waals surface area contributed by atoms with Gasteiger partial charge in [0.2, 0.25) is 0 Å². The van der Waals surface area contributed by atoms with E-state index >= 15 is 0 Å². The van der Waals surface area contributed by atoms with Gasteiger partial charge in [0.25, 0.3) is 0 Å². The van der Waals surface area contributed by atoms with E-state index in [1.165, 1.54) is 0 Å². The van der Waals surface area contributed by atoms with Crippen LogP contribution in [0.1, 0.15) is 7.43 Å². The molecular formula is C13H15O3P. The van der Waals surface area contributed by atoms with Gasteiger partial charge in [-0.25, -0.2) is 4.57 Å². The average Bonchev–Trinajstić information content (AvgIpc) is 2.31. The summed E-state index contributed by atoms with van der Waals surface area (Å²) in [6.07, 6.45) is 0. The van der Waals surface area contributed by atoms with Gasteiger partial charge in [-0.2, -0.15) is 0 Å². The molecule has 0 heterocycles. The van der Waals surface area contributed by atoms with Crippen molar-refractivity contribution < 1.29 is 13.6 Å². The maximum absolute atomic E-state index is 11.5. The third-order valence-electron chi connectivity index (χ3n) is 1.89. The van der Waals surface area contributed by atoms with E-state index < -0.39 is 8.25 Å². The monoisotopic (exact) mass is 250 g/mol. The van der Waals surface area contributed by atoms with E-state index in [0.717, 1.165) is 0 Å². The molecule has 0 saturated carbocycles. The molecule has 90 valence electrons. The van der Waals surface area contributed by atoms with Crippen LogP contribution < -0.4 is 9.05 Å². The maximum Gasteiger partial charge on any atom is 0.418 e. The van der Waals surface area contributed by atoms with Gasteiger partial charge in [0, 0.05) is 0 Å². The van der Waals surface area contributed by atoms with Gasteiger partial charge in [-0.3, -0.25) is 0 Å². The highest BCUT2D eigenvalue weighted by Gasteiger charge is 2.02. The second-order valence-electron chi connectivity index (χ2n) is 3.08. The SMILES string of the molecule is C.O=[PH](Oc1ccccc1)Oc1ccccc1. The fraction of sp³-hybridized carbons (Fsp3) is 0.0769. The van der Waals surface area contributed by atoms with Crippen LogP contribution in [-0.4, -0.2) is 0 Å². The smallest absolute Gasteiger partial charge is 0.418 e. The molecule has 0 N–H and O–H groups in total. The van der Waals surface area contributed by atoms with Crippen molar-refractivity contribution in [1.82, 2.24) is 0 Å². The zero-order valence-corrected chi connectivity index (χ0v) is 9.50. The molecule has 0 radical (unpaired) electrons. The molecule has 0 saturated heterocycles. The van der Waals surface area contributed by atoms with Crippen molar-refractivity contribution in [3.63, 3.8) is 0 Å². The van der Waals surface area contributed by atoms with Gasteiger partial charge in [0.05, 0.1) is 0 Å². The molecule has 2 aromatic rings. The van der Waals surface area contributed by atoms with Crippen LogP contribution in [0.3, 0.4) is 0 Å². The molecule has 0 amide bonds. The van der Waals surface area contributed by atoms with E-state index in [1.807, 2.05) is 36.4 Å². The normalized spacial score (nSPS) is 9.47. The quantitative estimate of drug-likeness (QED) is 0.764. The molecule has 17 heavy (non-hydrogen) atoms. The lowest BCUT2D eigenvalue weighted by Gasteiger charge is -2.07. The van der Waals surface area contributed by atoms with Crippen molar-refractivity contribution in [2.24, 2.45) is 0 Å². The van der Waals surface area contributed by atoms with Crippen molar-refractivity contribution in [1.29, 1.82) is 0 Å². The van der Waals surface area contributed by atoms with Crippen LogP contribution in [0.25, 0.3) is 0 Å². The lowest BCUT2D eigenvalue weighted by atomic mass is 10.3. The average molecular weight is 250 g/mol. The van der Waals surface area contributed by atoms with Crippen LogP contribution in [0.4, 0.5) is 0 Å². The first-order valence-corrected chi connectivity index (χ1v) is 6.07. The standard InChI is InChI=1S/C12H11O3P.CH4/c13-16(14-11-7-3-1-4-8-11)15-12-9-5-2-6-10-12;/h1-10,16H;1H4. The van der Waals surface area contributed by atoms with E-state index in [9.17, 15) is 4.57 Å². The molecule has 2 aromatic carbocycles. The van der Waals surface area contributed by atoms with Crippen molar-refractivity contribution in [3.8, 4) is 11.5 Å². The van der Waals surface area contributed by atoms with Crippen LogP contribution >= 0.6 is 8.25 Å². The van der Waals surface area contributed by atoms with Crippen LogP contribution in [0.15, 0.2) is 60.7 Å². The van der Waals surface area contributed by atoms with Gasteiger partial charge in [0.1, 0.15) is 11.5 Å². The predicted octanol–water partition coefficient (Wildman–Crippen LogP) is 4.17. The topological polar surface area (TPSA) is 35.5 Å². The molecule has 0 atom stereocenters. The van der Waals surface area contributed by atoms with E-state index in [4.69, 9.17) is 9.05 Å². The minimum Gasteiger partial charge on any atom is -0.418 e. The molecule has 2 rings (SSSR count). The molecule has 0 fully saturated rings. The Bertz CT molecular complexity index is 413. The molecule has 0 spiro atoms. The predicted molar refractivity (Wildman–Crippen MR) is 69.9 cm³/mol. The molecule has 0 unspecified atom stereocenters. The Morgan fingerprint density at radius 2 is 1.06 bits per heavy atom. The minimum absolute atomic E-state index is 0. The number of para-hydroxylation sites is 2. The highest BCUT2D eigenvalue weighted by molar-refractivity contribution is 7.34. The highest BCUT2D eigenvalue weighted by Crippen LogP contribution is 2.29. The maximum atomic E-state index is 11.5. The second kappa shape index (κ2) is 6.77. The number of benzene rings is 2. The first-order valence-electron chi connectivity index (χ1n) is 4.84. The molecule has 4 heteroatoms. The Hall–Kier alpha value is -1.73. The molecule has 0 bridgehead atoms. The van der Waals surface area contributed by atoms with Gasteiger partial charge >= 0.3 is 8.25 Å². The van der Waals surface area contributed by atoms with Crippen LogP contribution in [0.2, 0.25) is 0 Å². The number of rotatable bonds is 4. The summed E-state index contributed by atoms with van der Waals surface area (Å²) in [4.78, 5) is 0. The van der Waals surface area contributed by atoms with Crippen molar-refractivity contribution >= 4 is 8.25 Å². The Morgan fingerprint density at radius 1 is 0.706 bits per heavy atom. The molecule has 0 aliphatic rings. The fourth-order valence-corrected chi connectivity index (χ4v) is 1.89. The Balaban J connectivity index is 0.00000144. The summed E-state index contributed by atoms with van der Waals surface area (Å²) in [6, 6.07) is 17.9. The van der Waals surface area contributed by atoms with Gasteiger partial charge in [0.15, 0.2) is 0 Å². The summed E-state index contributed by atoms with van der Waals surface area (Å²) in [5.74, 6) is 1.09. The summed E-state index contributed by atoms with van der Waals surface area (Å²) >= 11 is 0.